The predicted octanol–water partition coefficient (Wildman–Crippen LogP) is 0.539. The molecule has 1 heterocycles. The molecule has 0 bridgehead atoms. The van der Waals surface area contributed by atoms with Gasteiger partial charge in [0.15, 0.2) is 0 Å². The summed E-state index contributed by atoms with van der Waals surface area (Å²) in [5.41, 5.74) is 7.07. The smallest absolute Gasteiger partial charge is 0.257 e. The van der Waals surface area contributed by atoms with E-state index in [4.69, 9.17) is 5.73 Å². The van der Waals surface area contributed by atoms with Gasteiger partial charge in [-0.15, -0.1) is 0 Å². The molecule has 0 aliphatic carbocycles. The van der Waals surface area contributed by atoms with E-state index in [1.165, 1.54) is 0 Å². The summed E-state index contributed by atoms with van der Waals surface area (Å²) >= 11 is 0. The van der Waals surface area contributed by atoms with E-state index in [1.54, 1.807) is 15.8 Å². The summed E-state index contributed by atoms with van der Waals surface area (Å²) in [6.45, 7) is 5.77. The molecule has 0 atom stereocenters. The number of aryl methyl sites for hydroxylation is 1. The van der Waals surface area contributed by atoms with Crippen molar-refractivity contribution < 1.29 is 4.79 Å². The second-order valence-electron chi connectivity index (χ2n) is 3.85. The second-order valence-corrected chi connectivity index (χ2v) is 3.85. The van der Waals surface area contributed by atoms with Crippen molar-refractivity contribution in [2.45, 2.75) is 20.3 Å². The van der Waals surface area contributed by atoms with Crippen LogP contribution in [0.1, 0.15) is 29.4 Å². The minimum Gasteiger partial charge on any atom is -0.337 e. The Morgan fingerprint density at radius 2 is 2.25 bits per heavy atom. The lowest BCUT2D eigenvalue weighted by Crippen LogP contribution is -2.36. The van der Waals surface area contributed by atoms with Crippen molar-refractivity contribution in [1.29, 1.82) is 0 Å². The Kier molecular flexibility index (Phi) is 4.49. The maximum absolute atomic E-state index is 12.2. The van der Waals surface area contributed by atoms with Crippen molar-refractivity contribution in [2.24, 2.45) is 12.8 Å². The quantitative estimate of drug-likeness (QED) is 0.794. The van der Waals surface area contributed by atoms with Gasteiger partial charge in [-0.05, 0) is 13.3 Å². The monoisotopic (exact) mass is 224 g/mol. The van der Waals surface area contributed by atoms with Gasteiger partial charge in [0.05, 0.1) is 11.8 Å². The van der Waals surface area contributed by atoms with Crippen molar-refractivity contribution in [1.82, 2.24) is 14.7 Å². The Morgan fingerprint density at radius 1 is 1.56 bits per heavy atom. The van der Waals surface area contributed by atoms with E-state index in [0.717, 1.165) is 18.7 Å². The molecule has 0 aromatic carbocycles. The van der Waals surface area contributed by atoms with E-state index in [-0.39, 0.29) is 5.91 Å². The fourth-order valence-corrected chi connectivity index (χ4v) is 1.62. The van der Waals surface area contributed by atoms with Crippen LogP contribution in [0.2, 0.25) is 0 Å². The topological polar surface area (TPSA) is 64.2 Å². The third kappa shape index (κ3) is 2.61. The molecule has 16 heavy (non-hydrogen) atoms. The zero-order valence-corrected chi connectivity index (χ0v) is 10.2. The number of nitrogens with two attached hydrogens (primary N) is 1. The third-order valence-corrected chi connectivity index (χ3v) is 2.65. The number of amides is 1. The van der Waals surface area contributed by atoms with Crippen LogP contribution in [0.5, 0.6) is 0 Å². The Morgan fingerprint density at radius 3 is 2.69 bits per heavy atom. The maximum Gasteiger partial charge on any atom is 0.257 e. The summed E-state index contributed by atoms with van der Waals surface area (Å²) in [6.07, 6.45) is 2.56. The van der Waals surface area contributed by atoms with Crippen molar-refractivity contribution >= 4 is 5.91 Å². The van der Waals surface area contributed by atoms with Gasteiger partial charge in [-0.25, -0.2) is 0 Å². The fourth-order valence-electron chi connectivity index (χ4n) is 1.62. The summed E-state index contributed by atoms with van der Waals surface area (Å²) < 4.78 is 1.71. The number of rotatable bonds is 5. The highest BCUT2D eigenvalue weighted by atomic mass is 16.2. The van der Waals surface area contributed by atoms with Crippen LogP contribution in [0.25, 0.3) is 0 Å². The van der Waals surface area contributed by atoms with Gasteiger partial charge >= 0.3 is 0 Å². The molecule has 5 nitrogen and oxygen atoms in total. The first kappa shape index (κ1) is 12.7. The second kappa shape index (κ2) is 5.65. The third-order valence-electron chi connectivity index (χ3n) is 2.65. The number of carbonyl (C=O) groups is 1. The summed E-state index contributed by atoms with van der Waals surface area (Å²) in [6, 6.07) is 0. The average molecular weight is 224 g/mol. The summed E-state index contributed by atoms with van der Waals surface area (Å²) in [5.74, 6) is 0.0258. The lowest BCUT2D eigenvalue weighted by molar-refractivity contribution is 0.0759. The molecule has 90 valence electrons. The summed E-state index contributed by atoms with van der Waals surface area (Å²) in [5, 5.41) is 4.08. The lowest BCUT2D eigenvalue weighted by atomic mass is 10.2. The number of hydrogen-bond acceptors (Lipinski definition) is 3. The highest BCUT2D eigenvalue weighted by Crippen LogP contribution is 2.09. The number of carbonyl (C=O) groups excluding carboxylic acids is 1. The molecule has 0 spiro atoms. The van der Waals surface area contributed by atoms with Gasteiger partial charge in [0.1, 0.15) is 0 Å². The lowest BCUT2D eigenvalue weighted by Gasteiger charge is -2.20. The van der Waals surface area contributed by atoms with E-state index in [0.29, 0.717) is 18.7 Å². The number of aromatic nitrogens is 2. The molecule has 1 aromatic rings. The van der Waals surface area contributed by atoms with E-state index in [2.05, 4.69) is 5.10 Å². The Bertz CT molecular complexity index is 353. The Labute approximate surface area is 96.2 Å². The van der Waals surface area contributed by atoms with E-state index < -0.39 is 0 Å². The summed E-state index contributed by atoms with van der Waals surface area (Å²) in [7, 11) is 1.83. The zero-order chi connectivity index (χ0) is 12.1. The van der Waals surface area contributed by atoms with Gasteiger partial charge in [0, 0.05) is 32.4 Å². The van der Waals surface area contributed by atoms with Gasteiger partial charge in [0.25, 0.3) is 5.91 Å². The Hall–Kier alpha value is -1.36. The average Bonchev–Trinajstić information content (AvgIpc) is 2.59. The molecule has 0 saturated heterocycles. The van der Waals surface area contributed by atoms with Crippen molar-refractivity contribution in [3.63, 3.8) is 0 Å². The van der Waals surface area contributed by atoms with E-state index in [9.17, 15) is 4.79 Å². The molecular formula is C11H20N4O. The molecule has 0 unspecified atom stereocenters. The van der Waals surface area contributed by atoms with Crippen molar-refractivity contribution in [3.05, 3.63) is 17.5 Å². The molecule has 0 saturated carbocycles. The van der Waals surface area contributed by atoms with Crippen LogP contribution in [0.4, 0.5) is 0 Å². The van der Waals surface area contributed by atoms with Crippen LogP contribution in [0, 0.1) is 6.92 Å². The highest BCUT2D eigenvalue weighted by molar-refractivity contribution is 5.95. The number of nitrogens with zero attached hydrogens (tertiary/aromatic N) is 3. The van der Waals surface area contributed by atoms with Crippen LogP contribution < -0.4 is 5.73 Å². The highest BCUT2D eigenvalue weighted by Gasteiger charge is 2.18. The van der Waals surface area contributed by atoms with E-state index >= 15 is 0 Å². The fraction of sp³-hybridized carbons (Fsp3) is 0.636. The molecule has 1 amide bonds. The molecule has 0 fully saturated rings. The first-order valence-corrected chi connectivity index (χ1v) is 5.59. The molecule has 5 heteroatoms. The van der Waals surface area contributed by atoms with E-state index in [1.807, 2.05) is 20.9 Å². The van der Waals surface area contributed by atoms with Gasteiger partial charge < -0.3 is 10.6 Å². The maximum atomic E-state index is 12.2. The van der Waals surface area contributed by atoms with Gasteiger partial charge in [-0.2, -0.15) is 5.10 Å². The van der Waals surface area contributed by atoms with Gasteiger partial charge in [0.2, 0.25) is 0 Å². The Balaban J connectivity index is 2.85. The van der Waals surface area contributed by atoms with Crippen LogP contribution in [0.15, 0.2) is 6.20 Å². The van der Waals surface area contributed by atoms with Crippen LogP contribution >= 0.6 is 0 Å². The molecule has 1 rings (SSSR count). The van der Waals surface area contributed by atoms with Gasteiger partial charge in [-0.3, -0.25) is 9.48 Å². The first-order chi connectivity index (χ1) is 7.61. The minimum atomic E-state index is 0.0258. The number of hydrogen-bond donors (Lipinski definition) is 1. The van der Waals surface area contributed by atoms with Gasteiger partial charge in [-0.1, -0.05) is 6.92 Å². The molecule has 2 N–H and O–H groups in total. The molecular weight excluding hydrogens is 204 g/mol. The minimum absolute atomic E-state index is 0.0258. The molecule has 0 radical (unpaired) electrons. The van der Waals surface area contributed by atoms with Crippen LogP contribution in [0.3, 0.4) is 0 Å². The normalized spacial score (nSPS) is 10.5. The first-order valence-electron chi connectivity index (χ1n) is 5.59. The predicted molar refractivity (Wildman–Crippen MR) is 63.2 cm³/mol. The molecule has 1 aromatic heterocycles. The SMILES string of the molecule is CCCN(CCN)C(=O)c1cnn(C)c1C. The van der Waals surface area contributed by atoms with Crippen LogP contribution in [-0.4, -0.2) is 40.2 Å². The largest absolute Gasteiger partial charge is 0.337 e. The zero-order valence-electron chi connectivity index (χ0n) is 10.2. The molecule has 0 aliphatic rings. The van der Waals surface area contributed by atoms with Crippen LogP contribution in [-0.2, 0) is 7.05 Å². The standard InChI is InChI=1S/C11H20N4O/c1-4-6-15(7-5-12)11(16)10-8-13-14(3)9(10)2/h8H,4-7,12H2,1-3H3. The van der Waals surface area contributed by atoms with Crippen molar-refractivity contribution in [2.75, 3.05) is 19.6 Å². The molecule has 0 aliphatic heterocycles. The van der Waals surface area contributed by atoms with Crippen molar-refractivity contribution in [3.8, 4) is 0 Å². The summed E-state index contributed by atoms with van der Waals surface area (Å²) in [4.78, 5) is 14.0.